The fourth-order valence-electron chi connectivity index (χ4n) is 2.57. The van der Waals surface area contributed by atoms with Gasteiger partial charge in [0.05, 0.1) is 11.0 Å². The number of nitrogens with one attached hydrogen (secondary N) is 1. The molecular formula is C18H18ClN3O. The third kappa shape index (κ3) is 3.37. The summed E-state index contributed by atoms with van der Waals surface area (Å²) in [5.74, 6) is 0.883. The van der Waals surface area contributed by atoms with Crippen LogP contribution in [0.1, 0.15) is 21.7 Å². The van der Waals surface area contributed by atoms with Gasteiger partial charge in [0.25, 0.3) is 5.91 Å². The van der Waals surface area contributed by atoms with Crippen LogP contribution in [-0.2, 0) is 13.5 Å². The first-order valence-corrected chi connectivity index (χ1v) is 7.88. The molecule has 1 aromatic heterocycles. The van der Waals surface area contributed by atoms with Crippen molar-refractivity contribution in [2.75, 3.05) is 6.54 Å². The smallest absolute Gasteiger partial charge is 0.251 e. The number of nitrogens with zero attached hydrogens (tertiary/aromatic N) is 2. The highest BCUT2D eigenvalue weighted by atomic mass is 35.5. The minimum atomic E-state index is -0.109. The molecule has 0 spiro atoms. The molecule has 0 saturated carbocycles. The molecule has 5 heteroatoms. The molecule has 23 heavy (non-hydrogen) atoms. The number of fused-ring (bicyclic) bond motifs is 1. The van der Waals surface area contributed by atoms with Gasteiger partial charge < -0.3 is 9.88 Å². The second kappa shape index (κ2) is 6.42. The van der Waals surface area contributed by atoms with Gasteiger partial charge in [-0.05, 0) is 49.2 Å². The van der Waals surface area contributed by atoms with Gasteiger partial charge in [-0.1, -0.05) is 23.7 Å². The van der Waals surface area contributed by atoms with Crippen LogP contribution in [-0.4, -0.2) is 22.0 Å². The van der Waals surface area contributed by atoms with Crippen LogP contribution in [0.4, 0.5) is 0 Å². The van der Waals surface area contributed by atoms with E-state index < -0.39 is 0 Å². The van der Waals surface area contributed by atoms with Crippen LogP contribution in [0.3, 0.4) is 0 Å². The molecule has 0 aliphatic rings. The number of carbonyl (C=O) groups excluding carboxylic acids is 1. The quantitative estimate of drug-likeness (QED) is 0.797. The van der Waals surface area contributed by atoms with Gasteiger partial charge in [-0.3, -0.25) is 4.79 Å². The summed E-state index contributed by atoms with van der Waals surface area (Å²) >= 11 is 5.90. The molecule has 0 saturated heterocycles. The summed E-state index contributed by atoms with van der Waals surface area (Å²) < 4.78 is 2.07. The molecule has 118 valence electrons. The number of imidazole rings is 1. The molecule has 0 unspecified atom stereocenters. The number of halogens is 1. The largest absolute Gasteiger partial charge is 0.352 e. The van der Waals surface area contributed by atoms with E-state index in [4.69, 9.17) is 11.6 Å². The van der Waals surface area contributed by atoms with Crippen molar-refractivity contribution in [2.24, 2.45) is 7.05 Å². The molecule has 1 amide bonds. The SMILES string of the molecule is Cc1nc2cc(CCNC(=O)c3cccc(Cl)c3)ccc2n1C. The molecule has 1 N–H and O–H groups in total. The molecule has 0 bridgehead atoms. The van der Waals surface area contributed by atoms with Crippen LogP contribution in [0, 0.1) is 6.92 Å². The van der Waals surface area contributed by atoms with Gasteiger partial charge >= 0.3 is 0 Å². The first kappa shape index (κ1) is 15.6. The lowest BCUT2D eigenvalue weighted by molar-refractivity contribution is 0.0954. The third-order valence-corrected chi connectivity index (χ3v) is 4.19. The highest BCUT2D eigenvalue weighted by Gasteiger charge is 2.07. The zero-order chi connectivity index (χ0) is 16.4. The number of rotatable bonds is 4. The molecule has 0 radical (unpaired) electrons. The van der Waals surface area contributed by atoms with E-state index in [1.807, 2.05) is 14.0 Å². The van der Waals surface area contributed by atoms with E-state index in [0.717, 1.165) is 28.8 Å². The summed E-state index contributed by atoms with van der Waals surface area (Å²) in [5, 5.41) is 3.48. The average molecular weight is 328 g/mol. The van der Waals surface area contributed by atoms with E-state index in [9.17, 15) is 4.79 Å². The van der Waals surface area contributed by atoms with Crippen LogP contribution in [0.15, 0.2) is 42.5 Å². The molecule has 3 aromatic rings. The predicted molar refractivity (Wildman–Crippen MR) is 92.9 cm³/mol. The molecule has 2 aromatic carbocycles. The van der Waals surface area contributed by atoms with Crippen molar-refractivity contribution < 1.29 is 4.79 Å². The average Bonchev–Trinajstić information content (AvgIpc) is 2.81. The minimum absolute atomic E-state index is 0.109. The third-order valence-electron chi connectivity index (χ3n) is 3.95. The maximum Gasteiger partial charge on any atom is 0.251 e. The van der Waals surface area contributed by atoms with Crippen molar-refractivity contribution in [3.05, 3.63) is 64.4 Å². The summed E-state index contributed by atoms with van der Waals surface area (Å²) in [7, 11) is 2.01. The zero-order valence-corrected chi connectivity index (χ0v) is 13.9. The Labute approximate surface area is 140 Å². The van der Waals surface area contributed by atoms with E-state index in [2.05, 4.69) is 33.1 Å². The van der Waals surface area contributed by atoms with E-state index in [1.165, 1.54) is 0 Å². The van der Waals surface area contributed by atoms with Gasteiger partial charge in [0, 0.05) is 24.2 Å². The van der Waals surface area contributed by atoms with Crippen molar-refractivity contribution in [1.29, 1.82) is 0 Å². The van der Waals surface area contributed by atoms with Gasteiger partial charge in [0.2, 0.25) is 0 Å². The Morgan fingerprint density at radius 3 is 2.87 bits per heavy atom. The lowest BCUT2D eigenvalue weighted by atomic mass is 10.1. The minimum Gasteiger partial charge on any atom is -0.352 e. The molecule has 0 aliphatic carbocycles. The van der Waals surface area contributed by atoms with Gasteiger partial charge in [-0.2, -0.15) is 0 Å². The Morgan fingerprint density at radius 1 is 1.26 bits per heavy atom. The monoisotopic (exact) mass is 327 g/mol. The van der Waals surface area contributed by atoms with Gasteiger partial charge in [0.15, 0.2) is 0 Å². The fourth-order valence-corrected chi connectivity index (χ4v) is 2.76. The number of carbonyl (C=O) groups is 1. The topological polar surface area (TPSA) is 46.9 Å². The number of amides is 1. The predicted octanol–water partition coefficient (Wildman–Crippen LogP) is 3.51. The van der Waals surface area contributed by atoms with Crippen LogP contribution >= 0.6 is 11.6 Å². The normalized spacial score (nSPS) is 10.9. The summed E-state index contributed by atoms with van der Waals surface area (Å²) in [6.45, 7) is 2.56. The van der Waals surface area contributed by atoms with Crippen molar-refractivity contribution in [3.8, 4) is 0 Å². The second-order valence-electron chi connectivity index (χ2n) is 5.56. The molecule has 0 fully saturated rings. The number of hydrogen-bond donors (Lipinski definition) is 1. The Morgan fingerprint density at radius 2 is 2.09 bits per heavy atom. The maximum atomic E-state index is 12.1. The van der Waals surface area contributed by atoms with Gasteiger partial charge in [-0.25, -0.2) is 4.98 Å². The number of aromatic nitrogens is 2. The molecule has 0 aliphatic heterocycles. The molecular weight excluding hydrogens is 310 g/mol. The molecule has 1 heterocycles. The highest BCUT2D eigenvalue weighted by molar-refractivity contribution is 6.30. The lowest BCUT2D eigenvalue weighted by Gasteiger charge is -2.06. The van der Waals surface area contributed by atoms with E-state index in [0.29, 0.717) is 17.1 Å². The number of aryl methyl sites for hydroxylation is 2. The Bertz CT molecular complexity index is 870. The maximum absolute atomic E-state index is 12.1. The molecule has 0 atom stereocenters. The zero-order valence-electron chi connectivity index (χ0n) is 13.1. The standard InChI is InChI=1S/C18H18ClN3O/c1-12-21-16-10-13(6-7-17(16)22(12)2)8-9-20-18(23)14-4-3-5-15(19)11-14/h3-7,10-11H,8-9H2,1-2H3,(H,20,23). The first-order valence-electron chi connectivity index (χ1n) is 7.50. The summed E-state index contributed by atoms with van der Waals surface area (Å²) in [6, 6.07) is 13.2. The molecule has 3 rings (SSSR count). The lowest BCUT2D eigenvalue weighted by Crippen LogP contribution is -2.25. The van der Waals surface area contributed by atoms with Crippen molar-refractivity contribution in [3.63, 3.8) is 0 Å². The number of hydrogen-bond acceptors (Lipinski definition) is 2. The Hall–Kier alpha value is -2.33. The highest BCUT2D eigenvalue weighted by Crippen LogP contribution is 2.16. The van der Waals surface area contributed by atoms with E-state index in [1.54, 1.807) is 24.3 Å². The summed E-state index contributed by atoms with van der Waals surface area (Å²) in [4.78, 5) is 16.6. The van der Waals surface area contributed by atoms with Crippen LogP contribution < -0.4 is 5.32 Å². The second-order valence-corrected chi connectivity index (χ2v) is 5.99. The fraction of sp³-hybridized carbons (Fsp3) is 0.222. The number of benzene rings is 2. The van der Waals surface area contributed by atoms with E-state index in [-0.39, 0.29) is 5.91 Å². The van der Waals surface area contributed by atoms with Crippen LogP contribution in [0.25, 0.3) is 11.0 Å². The first-order chi connectivity index (χ1) is 11.0. The van der Waals surface area contributed by atoms with Crippen molar-refractivity contribution in [2.45, 2.75) is 13.3 Å². The van der Waals surface area contributed by atoms with E-state index >= 15 is 0 Å². The van der Waals surface area contributed by atoms with Gasteiger partial charge in [0.1, 0.15) is 5.82 Å². The van der Waals surface area contributed by atoms with Gasteiger partial charge in [-0.15, -0.1) is 0 Å². The summed E-state index contributed by atoms with van der Waals surface area (Å²) in [5.41, 5.74) is 3.84. The van der Waals surface area contributed by atoms with Crippen LogP contribution in [0.5, 0.6) is 0 Å². The van der Waals surface area contributed by atoms with Crippen molar-refractivity contribution >= 4 is 28.5 Å². The van der Waals surface area contributed by atoms with Crippen molar-refractivity contribution in [1.82, 2.24) is 14.9 Å². The Kier molecular flexibility index (Phi) is 4.35. The summed E-state index contributed by atoms with van der Waals surface area (Å²) in [6.07, 6.45) is 0.762. The molecule has 4 nitrogen and oxygen atoms in total. The Balaban J connectivity index is 1.63. The van der Waals surface area contributed by atoms with Crippen LogP contribution in [0.2, 0.25) is 5.02 Å².